The third-order valence-electron chi connectivity index (χ3n) is 13.8. The zero-order valence-electron chi connectivity index (χ0n) is 37.1. The van der Waals surface area contributed by atoms with Crippen molar-refractivity contribution >= 4 is 61.9 Å². The lowest BCUT2D eigenvalue weighted by molar-refractivity contribution is -0.136. The number of aromatic nitrogens is 3. The van der Waals surface area contributed by atoms with Gasteiger partial charge < -0.3 is 24.4 Å². The molecule has 10 rings (SSSR count). The molecule has 17 nitrogen and oxygen atoms in total. The van der Waals surface area contributed by atoms with Crippen LogP contribution in [0.5, 0.6) is 5.75 Å². The Labute approximate surface area is 389 Å². The van der Waals surface area contributed by atoms with Gasteiger partial charge in [0, 0.05) is 124 Å². The number of benzene rings is 2. The lowest BCUT2D eigenvalue weighted by Crippen LogP contribution is -2.52. The summed E-state index contributed by atoms with van der Waals surface area (Å²) in [6, 6.07) is 10.4. The second-order valence-corrected chi connectivity index (χ2v) is 19.7. The summed E-state index contributed by atoms with van der Waals surface area (Å²) in [5.74, 6) is -2.79. The van der Waals surface area contributed by atoms with Crippen LogP contribution >= 0.6 is 0 Å². The number of alkyl halides is 1. The maximum atomic E-state index is 15.8. The molecule has 21 heteroatoms. The molecular weight excluding hydrogens is 906 g/mol. The summed E-state index contributed by atoms with van der Waals surface area (Å²) >= 11 is 0. The number of piperidine rings is 2. The normalized spacial score (nSPS) is 20.9. The number of carbonyl (C=O) groups is 4. The molecule has 3 N–H and O–H groups in total. The summed E-state index contributed by atoms with van der Waals surface area (Å²) in [6.45, 7) is 5.85. The van der Waals surface area contributed by atoms with Crippen molar-refractivity contribution in [2.75, 3.05) is 80.5 Å². The Balaban J connectivity index is 0.738. The first kappa shape index (κ1) is 45.2. The number of ether oxygens (including phenoxy) is 1. The Morgan fingerprint density at radius 3 is 2.38 bits per heavy atom. The molecule has 8 heterocycles. The zero-order valence-corrected chi connectivity index (χ0v) is 38.0. The molecule has 4 fully saturated rings. The van der Waals surface area contributed by atoms with Gasteiger partial charge in [0.1, 0.15) is 35.2 Å². The van der Waals surface area contributed by atoms with Crippen LogP contribution in [0.15, 0.2) is 61.1 Å². The fourth-order valence-electron chi connectivity index (χ4n) is 10.1. The zero-order chi connectivity index (χ0) is 47.4. The number of nitrogens with zero attached hydrogens (tertiary/aromatic N) is 7. The number of nitrogens with one attached hydrogen (secondary N) is 3. The average Bonchev–Trinajstić information content (AvgIpc) is 4.07. The predicted molar refractivity (Wildman–Crippen MR) is 245 cm³/mol. The van der Waals surface area contributed by atoms with E-state index < -0.39 is 63.5 Å². The molecular formula is C47H49F3N10O7S. The second kappa shape index (κ2) is 18.1. The largest absolute Gasteiger partial charge is 0.496 e. The standard InChI is InChI=1S/C47H49F3N10O7S/c1-67-38-20-32(18-30-25-60(47(64)41(30)38)37-5-7-40(61)54-46(37)63)57-16-14-56(15-17-57)24-27-8-11-58(12-9-27)39-6-2-28(21-51-39)29-19-33-34(23-53-45(33)52-22-29)44(62)42-35(49)3-4-36(43(42)50)55-68(65,66)59-13-10-31(48)26-59/h2-4,6,18-23,27,31,37,55H,5,7-17,24-26H2,1H3,(H,52,53)(H,54,61,63)/t31-,37?/m1/s1. The van der Waals surface area contributed by atoms with Gasteiger partial charge in [-0.15, -0.1) is 0 Å². The minimum atomic E-state index is -4.37. The van der Waals surface area contributed by atoms with Gasteiger partial charge in [-0.25, -0.2) is 23.1 Å². The number of pyridine rings is 2. The van der Waals surface area contributed by atoms with Crippen LogP contribution in [0, 0.1) is 17.6 Å². The molecule has 2 aromatic carbocycles. The van der Waals surface area contributed by atoms with E-state index in [-0.39, 0.29) is 43.3 Å². The Hall–Kier alpha value is -6.58. The highest BCUT2D eigenvalue weighted by Crippen LogP contribution is 2.38. The number of hydrogen-bond acceptors (Lipinski definition) is 12. The van der Waals surface area contributed by atoms with Crippen LogP contribution in [0.2, 0.25) is 0 Å². The van der Waals surface area contributed by atoms with Gasteiger partial charge in [0.15, 0.2) is 5.82 Å². The van der Waals surface area contributed by atoms with E-state index in [0.29, 0.717) is 45.8 Å². The number of imide groups is 1. The average molecular weight is 955 g/mol. The first-order valence-corrected chi connectivity index (χ1v) is 24.1. The highest BCUT2D eigenvalue weighted by Gasteiger charge is 2.41. The first-order valence-electron chi connectivity index (χ1n) is 22.7. The Morgan fingerprint density at radius 1 is 0.897 bits per heavy atom. The van der Waals surface area contributed by atoms with Gasteiger partial charge in [-0.2, -0.15) is 12.7 Å². The minimum absolute atomic E-state index is 0.00257. The van der Waals surface area contributed by atoms with Crippen LogP contribution in [-0.2, 0) is 26.3 Å². The molecule has 2 atom stereocenters. The van der Waals surface area contributed by atoms with Crippen molar-refractivity contribution in [1.29, 1.82) is 0 Å². The number of fused-ring (bicyclic) bond motifs is 2. The molecule has 356 valence electrons. The SMILES string of the molecule is COc1cc(N2CCN(CC3CCN(c4ccc(-c5cnc6[nH]cc(C(=O)c7c(F)ccc(NS(=O)(=O)N8CC[C@@H](F)C8)c7F)c6c5)cn4)CC3)CC2)cc2c1C(=O)N(C1CCC(=O)NC1=O)C2. The van der Waals surface area contributed by atoms with Crippen LogP contribution in [0.3, 0.4) is 0 Å². The van der Waals surface area contributed by atoms with E-state index in [0.717, 1.165) is 92.2 Å². The van der Waals surface area contributed by atoms with E-state index in [1.165, 1.54) is 6.20 Å². The van der Waals surface area contributed by atoms with Crippen molar-refractivity contribution in [1.82, 2.24) is 34.4 Å². The van der Waals surface area contributed by atoms with Crippen LogP contribution in [0.1, 0.15) is 63.9 Å². The van der Waals surface area contributed by atoms with Gasteiger partial charge in [-0.1, -0.05) is 0 Å². The predicted octanol–water partition coefficient (Wildman–Crippen LogP) is 4.64. The monoisotopic (exact) mass is 954 g/mol. The van der Waals surface area contributed by atoms with Gasteiger partial charge >= 0.3 is 10.2 Å². The van der Waals surface area contributed by atoms with E-state index in [1.807, 2.05) is 29.0 Å². The van der Waals surface area contributed by atoms with Gasteiger partial charge in [0.05, 0.1) is 23.9 Å². The Bertz CT molecular complexity index is 2940. The maximum absolute atomic E-state index is 15.8. The molecule has 1 unspecified atom stereocenters. The molecule has 3 amide bonds. The molecule has 0 spiro atoms. The van der Waals surface area contributed by atoms with Crippen molar-refractivity contribution in [2.45, 2.75) is 50.9 Å². The summed E-state index contributed by atoms with van der Waals surface area (Å²) in [7, 11) is -2.82. The van der Waals surface area contributed by atoms with Crippen molar-refractivity contribution in [3.05, 3.63) is 94.9 Å². The topological polar surface area (TPSA) is 193 Å². The second-order valence-electron chi connectivity index (χ2n) is 18.0. The minimum Gasteiger partial charge on any atom is -0.496 e. The number of aromatic amines is 1. The van der Waals surface area contributed by atoms with Gasteiger partial charge in [0.2, 0.25) is 17.6 Å². The van der Waals surface area contributed by atoms with Crippen LogP contribution in [0.25, 0.3) is 22.2 Å². The number of H-pyrrole nitrogens is 1. The molecule has 5 aliphatic rings. The Kier molecular flexibility index (Phi) is 12.1. The quantitative estimate of drug-likeness (QED) is 0.116. The number of ketones is 1. The fraction of sp³-hybridized carbons (Fsp3) is 0.404. The molecule has 0 saturated carbocycles. The molecule has 68 heavy (non-hydrogen) atoms. The third-order valence-corrected chi connectivity index (χ3v) is 15.3. The van der Waals surface area contributed by atoms with E-state index in [2.05, 4.69) is 30.0 Å². The van der Waals surface area contributed by atoms with Crippen LogP contribution < -0.4 is 24.6 Å². The molecule has 0 bridgehead atoms. The molecule has 5 aliphatic heterocycles. The van der Waals surface area contributed by atoms with Gasteiger partial charge in [0.25, 0.3) is 5.91 Å². The van der Waals surface area contributed by atoms with Crippen molar-refractivity contribution in [2.24, 2.45) is 5.92 Å². The molecule has 3 aromatic heterocycles. The van der Waals surface area contributed by atoms with E-state index >= 15 is 8.78 Å². The number of amides is 3. The van der Waals surface area contributed by atoms with E-state index in [4.69, 9.17) is 9.72 Å². The molecule has 0 radical (unpaired) electrons. The smallest absolute Gasteiger partial charge is 0.301 e. The highest BCUT2D eigenvalue weighted by atomic mass is 32.2. The number of methoxy groups -OCH3 is 1. The number of halogens is 3. The van der Waals surface area contributed by atoms with Crippen molar-refractivity contribution in [3.8, 4) is 16.9 Å². The number of rotatable bonds is 12. The third kappa shape index (κ3) is 8.62. The van der Waals surface area contributed by atoms with Gasteiger partial charge in [-0.3, -0.25) is 34.1 Å². The summed E-state index contributed by atoms with van der Waals surface area (Å²) in [5, 5.41) is 2.66. The highest BCUT2D eigenvalue weighted by molar-refractivity contribution is 7.90. The van der Waals surface area contributed by atoms with E-state index in [1.54, 1.807) is 30.5 Å². The Morgan fingerprint density at radius 2 is 1.68 bits per heavy atom. The summed E-state index contributed by atoms with van der Waals surface area (Å²) in [5.41, 5.74) is 2.24. The van der Waals surface area contributed by atoms with Crippen LogP contribution in [-0.4, -0.2) is 139 Å². The molecule has 5 aromatic rings. The molecule has 4 saturated heterocycles. The van der Waals surface area contributed by atoms with Gasteiger partial charge in [-0.05, 0) is 73.6 Å². The van der Waals surface area contributed by atoms with Crippen LogP contribution in [0.4, 0.5) is 30.4 Å². The van der Waals surface area contributed by atoms with E-state index in [9.17, 15) is 32.0 Å². The summed E-state index contributed by atoms with van der Waals surface area (Å²) in [6.07, 6.45) is 5.77. The molecule has 0 aliphatic carbocycles. The summed E-state index contributed by atoms with van der Waals surface area (Å²) in [4.78, 5) is 72.2. The number of piperazine rings is 1. The fourth-order valence-corrected chi connectivity index (χ4v) is 11.3. The van der Waals surface area contributed by atoms with Crippen molar-refractivity contribution in [3.63, 3.8) is 0 Å². The first-order chi connectivity index (χ1) is 32.7. The number of carbonyl (C=O) groups excluding carboxylic acids is 4. The van der Waals surface area contributed by atoms with Crippen molar-refractivity contribution < 1.29 is 45.5 Å². The lowest BCUT2D eigenvalue weighted by atomic mass is 9.95. The number of anilines is 3. The summed E-state index contributed by atoms with van der Waals surface area (Å²) < 4.78 is 78.8. The maximum Gasteiger partial charge on any atom is 0.301 e. The number of hydrogen-bond donors (Lipinski definition) is 3. The lowest BCUT2D eigenvalue weighted by Gasteiger charge is -2.40.